The smallest absolute Gasteiger partial charge is 0.233 e. The van der Waals surface area contributed by atoms with E-state index in [1.165, 1.54) is 11.8 Å². The molecule has 0 unspecified atom stereocenters. The highest BCUT2D eigenvalue weighted by Crippen LogP contribution is 2.23. The summed E-state index contributed by atoms with van der Waals surface area (Å²) in [5, 5.41) is 0.722. The largest absolute Gasteiger partial charge is 0.494 e. The van der Waals surface area contributed by atoms with E-state index in [0.29, 0.717) is 38.5 Å². The standard InChI is InChI=1S/C17H22N4O3S/c1-3-24-13-4-5-14-15(10-13)19-17(18-14)25-11-16(23)21-8-6-20(7-9-21)12(2)22/h4-5,10H,3,6-9,11H2,1-2H3,(H,18,19). The first-order valence-corrected chi connectivity index (χ1v) is 9.34. The lowest BCUT2D eigenvalue weighted by molar-refractivity contribution is -0.136. The predicted molar refractivity (Wildman–Crippen MR) is 96.8 cm³/mol. The van der Waals surface area contributed by atoms with Gasteiger partial charge in [-0.15, -0.1) is 0 Å². The Labute approximate surface area is 150 Å². The van der Waals surface area contributed by atoms with Gasteiger partial charge in [-0.05, 0) is 19.1 Å². The molecule has 0 aliphatic carbocycles. The number of nitrogens with zero attached hydrogens (tertiary/aromatic N) is 3. The van der Waals surface area contributed by atoms with Gasteiger partial charge < -0.3 is 19.5 Å². The number of rotatable bonds is 5. The summed E-state index contributed by atoms with van der Waals surface area (Å²) in [4.78, 5) is 35.0. The maximum absolute atomic E-state index is 12.3. The van der Waals surface area contributed by atoms with Gasteiger partial charge in [0.1, 0.15) is 5.75 Å². The third-order valence-corrected chi connectivity index (χ3v) is 5.01. The van der Waals surface area contributed by atoms with E-state index in [4.69, 9.17) is 4.74 Å². The Balaban J connectivity index is 1.55. The Morgan fingerprint density at radius 1 is 1.24 bits per heavy atom. The second kappa shape index (κ2) is 7.77. The van der Waals surface area contributed by atoms with Crippen LogP contribution in [0.25, 0.3) is 11.0 Å². The van der Waals surface area contributed by atoms with Gasteiger partial charge in [-0.25, -0.2) is 4.98 Å². The monoisotopic (exact) mass is 362 g/mol. The van der Waals surface area contributed by atoms with Gasteiger partial charge in [0.05, 0.1) is 23.4 Å². The molecule has 25 heavy (non-hydrogen) atoms. The third-order valence-electron chi connectivity index (χ3n) is 4.15. The molecule has 1 aliphatic rings. The van der Waals surface area contributed by atoms with Crippen LogP contribution in [-0.2, 0) is 9.59 Å². The normalized spacial score (nSPS) is 14.8. The van der Waals surface area contributed by atoms with Crippen molar-refractivity contribution < 1.29 is 14.3 Å². The minimum Gasteiger partial charge on any atom is -0.494 e. The average molecular weight is 362 g/mol. The third kappa shape index (κ3) is 4.25. The van der Waals surface area contributed by atoms with Gasteiger partial charge in [-0.3, -0.25) is 9.59 Å². The number of aromatic amines is 1. The number of piperazine rings is 1. The Morgan fingerprint density at radius 2 is 1.96 bits per heavy atom. The summed E-state index contributed by atoms with van der Waals surface area (Å²) in [6.45, 7) is 6.53. The summed E-state index contributed by atoms with van der Waals surface area (Å²) in [5.41, 5.74) is 1.75. The lowest BCUT2D eigenvalue weighted by Crippen LogP contribution is -2.50. The molecule has 2 amide bonds. The number of thioether (sulfide) groups is 1. The lowest BCUT2D eigenvalue weighted by atomic mass is 10.3. The molecule has 1 N–H and O–H groups in total. The van der Waals surface area contributed by atoms with Crippen LogP contribution in [0.4, 0.5) is 0 Å². The molecule has 3 rings (SSSR count). The molecule has 1 aromatic carbocycles. The molecule has 0 saturated carbocycles. The molecule has 2 heterocycles. The second-order valence-electron chi connectivity index (χ2n) is 5.83. The van der Waals surface area contributed by atoms with Gasteiger partial charge >= 0.3 is 0 Å². The van der Waals surface area contributed by atoms with Crippen molar-refractivity contribution in [3.63, 3.8) is 0 Å². The first-order chi connectivity index (χ1) is 12.1. The second-order valence-corrected chi connectivity index (χ2v) is 6.79. The number of benzene rings is 1. The van der Waals surface area contributed by atoms with Crippen LogP contribution < -0.4 is 4.74 Å². The molecular weight excluding hydrogens is 340 g/mol. The van der Waals surface area contributed by atoms with E-state index in [9.17, 15) is 9.59 Å². The first-order valence-electron chi connectivity index (χ1n) is 8.35. The minimum absolute atomic E-state index is 0.0650. The van der Waals surface area contributed by atoms with Gasteiger partial charge in [0.25, 0.3) is 0 Å². The van der Waals surface area contributed by atoms with Crippen molar-refractivity contribution in [2.45, 2.75) is 19.0 Å². The van der Waals surface area contributed by atoms with Crippen molar-refractivity contribution in [3.05, 3.63) is 18.2 Å². The van der Waals surface area contributed by atoms with E-state index in [0.717, 1.165) is 21.9 Å². The Bertz CT molecular complexity index is 768. The van der Waals surface area contributed by atoms with E-state index >= 15 is 0 Å². The van der Waals surface area contributed by atoms with Crippen LogP contribution in [0, 0.1) is 0 Å². The maximum atomic E-state index is 12.3. The van der Waals surface area contributed by atoms with Crippen molar-refractivity contribution >= 4 is 34.6 Å². The zero-order valence-electron chi connectivity index (χ0n) is 14.4. The highest BCUT2D eigenvalue weighted by Gasteiger charge is 2.22. The molecule has 0 spiro atoms. The van der Waals surface area contributed by atoms with Gasteiger partial charge in [-0.2, -0.15) is 0 Å². The van der Waals surface area contributed by atoms with Crippen LogP contribution in [0.1, 0.15) is 13.8 Å². The summed E-state index contributed by atoms with van der Waals surface area (Å²) in [6.07, 6.45) is 0. The number of imidazole rings is 1. The zero-order chi connectivity index (χ0) is 17.8. The van der Waals surface area contributed by atoms with Crippen molar-refractivity contribution in [1.29, 1.82) is 0 Å². The molecule has 0 bridgehead atoms. The molecule has 2 aromatic rings. The molecule has 1 fully saturated rings. The van der Waals surface area contributed by atoms with Crippen LogP contribution >= 0.6 is 11.8 Å². The van der Waals surface area contributed by atoms with E-state index in [2.05, 4.69) is 9.97 Å². The summed E-state index contributed by atoms with van der Waals surface area (Å²) < 4.78 is 5.48. The molecule has 7 nitrogen and oxygen atoms in total. The van der Waals surface area contributed by atoms with E-state index in [1.54, 1.807) is 11.8 Å². The predicted octanol–water partition coefficient (Wildman–Crippen LogP) is 1.74. The topological polar surface area (TPSA) is 78.5 Å². The van der Waals surface area contributed by atoms with Gasteiger partial charge in [-0.1, -0.05) is 11.8 Å². The van der Waals surface area contributed by atoms with Crippen LogP contribution in [0.5, 0.6) is 5.75 Å². The fourth-order valence-electron chi connectivity index (χ4n) is 2.78. The molecule has 0 radical (unpaired) electrons. The first kappa shape index (κ1) is 17.6. The van der Waals surface area contributed by atoms with Gasteiger partial charge in [0.15, 0.2) is 5.16 Å². The highest BCUT2D eigenvalue weighted by atomic mass is 32.2. The average Bonchev–Trinajstić information content (AvgIpc) is 3.02. The van der Waals surface area contributed by atoms with Crippen LogP contribution in [0.2, 0.25) is 0 Å². The maximum Gasteiger partial charge on any atom is 0.233 e. The molecule has 1 aromatic heterocycles. The Morgan fingerprint density at radius 3 is 2.64 bits per heavy atom. The van der Waals surface area contributed by atoms with Crippen LogP contribution in [0.3, 0.4) is 0 Å². The highest BCUT2D eigenvalue weighted by molar-refractivity contribution is 7.99. The summed E-state index contributed by atoms with van der Waals surface area (Å²) in [5.74, 6) is 1.27. The van der Waals surface area contributed by atoms with Crippen molar-refractivity contribution in [2.75, 3.05) is 38.5 Å². The Hall–Kier alpha value is -2.22. The molecule has 134 valence electrons. The number of hydrogen-bond donors (Lipinski definition) is 1. The number of hydrogen-bond acceptors (Lipinski definition) is 5. The quantitative estimate of drug-likeness (QED) is 0.820. The number of ether oxygens (including phenoxy) is 1. The Kier molecular flexibility index (Phi) is 5.47. The zero-order valence-corrected chi connectivity index (χ0v) is 15.3. The minimum atomic E-state index is 0.0650. The van der Waals surface area contributed by atoms with Gasteiger partial charge in [0, 0.05) is 39.2 Å². The summed E-state index contributed by atoms with van der Waals surface area (Å²) >= 11 is 1.39. The van der Waals surface area contributed by atoms with E-state index in [-0.39, 0.29) is 11.8 Å². The summed E-state index contributed by atoms with van der Waals surface area (Å²) in [6, 6.07) is 5.71. The fraction of sp³-hybridized carbons (Fsp3) is 0.471. The number of H-pyrrole nitrogens is 1. The molecule has 1 aliphatic heterocycles. The molecule has 8 heteroatoms. The number of amides is 2. The number of carbonyl (C=O) groups excluding carboxylic acids is 2. The lowest BCUT2D eigenvalue weighted by Gasteiger charge is -2.34. The van der Waals surface area contributed by atoms with Gasteiger partial charge in [0.2, 0.25) is 11.8 Å². The van der Waals surface area contributed by atoms with Crippen LogP contribution in [0.15, 0.2) is 23.4 Å². The number of fused-ring (bicyclic) bond motifs is 1. The number of carbonyl (C=O) groups is 2. The summed E-state index contributed by atoms with van der Waals surface area (Å²) in [7, 11) is 0. The van der Waals surface area contributed by atoms with Crippen molar-refractivity contribution in [2.24, 2.45) is 0 Å². The molecule has 1 saturated heterocycles. The molecular formula is C17H22N4O3S. The SMILES string of the molecule is CCOc1ccc2nc(SCC(=O)N3CCN(C(C)=O)CC3)[nH]c2c1. The van der Waals surface area contributed by atoms with E-state index < -0.39 is 0 Å². The van der Waals surface area contributed by atoms with Crippen molar-refractivity contribution in [1.82, 2.24) is 19.8 Å². The fourth-order valence-corrected chi connectivity index (χ4v) is 3.57. The van der Waals surface area contributed by atoms with Crippen LogP contribution in [-0.4, -0.2) is 70.1 Å². The number of aromatic nitrogens is 2. The number of nitrogens with one attached hydrogen (secondary N) is 1. The molecule has 0 atom stereocenters. The van der Waals surface area contributed by atoms with E-state index in [1.807, 2.05) is 30.0 Å². The van der Waals surface area contributed by atoms with Crippen molar-refractivity contribution in [3.8, 4) is 5.75 Å².